The third-order valence-corrected chi connectivity index (χ3v) is 5.00. The van der Waals surface area contributed by atoms with Crippen LogP contribution in [0.25, 0.3) is 10.9 Å². The zero-order chi connectivity index (χ0) is 18.3. The molecule has 1 aliphatic rings. The average molecular weight is 413 g/mol. The number of pyridine rings is 2. The van der Waals surface area contributed by atoms with E-state index in [2.05, 4.69) is 31.2 Å². The number of carbonyl (C=O) groups is 1. The fourth-order valence-corrected chi connectivity index (χ4v) is 3.34. The SMILES string of the molecule is O=C(Nc1ccc2cc([N+](=O)[O-])ccc2n1)C1(c2cncc(Br)c2)CC1. The number of hydrogen-bond donors (Lipinski definition) is 1. The van der Waals surface area contributed by atoms with E-state index in [1.54, 1.807) is 30.6 Å². The van der Waals surface area contributed by atoms with Crippen molar-refractivity contribution in [1.82, 2.24) is 9.97 Å². The first kappa shape index (κ1) is 16.6. The lowest BCUT2D eigenvalue weighted by Crippen LogP contribution is -2.28. The summed E-state index contributed by atoms with van der Waals surface area (Å²) < 4.78 is 0.833. The number of fused-ring (bicyclic) bond motifs is 1. The maximum atomic E-state index is 12.8. The van der Waals surface area contributed by atoms with Crippen LogP contribution in [0.4, 0.5) is 11.5 Å². The van der Waals surface area contributed by atoms with Crippen LogP contribution in [0.15, 0.2) is 53.3 Å². The van der Waals surface area contributed by atoms with E-state index in [0.717, 1.165) is 22.9 Å². The molecule has 0 atom stereocenters. The van der Waals surface area contributed by atoms with Gasteiger partial charge in [-0.05, 0) is 58.6 Å². The number of hydrogen-bond acceptors (Lipinski definition) is 5. The second-order valence-electron chi connectivity index (χ2n) is 6.26. The van der Waals surface area contributed by atoms with Gasteiger partial charge in [0.05, 0.1) is 15.9 Å². The van der Waals surface area contributed by atoms with E-state index in [0.29, 0.717) is 16.7 Å². The number of benzene rings is 1. The van der Waals surface area contributed by atoms with Crippen molar-refractivity contribution >= 4 is 44.2 Å². The van der Waals surface area contributed by atoms with Crippen LogP contribution in [0.1, 0.15) is 18.4 Å². The molecule has 26 heavy (non-hydrogen) atoms. The number of aromatic nitrogens is 2. The van der Waals surface area contributed by atoms with Crippen molar-refractivity contribution in [3.8, 4) is 0 Å². The number of halogens is 1. The van der Waals surface area contributed by atoms with Crippen molar-refractivity contribution in [2.45, 2.75) is 18.3 Å². The molecule has 0 unspecified atom stereocenters. The Morgan fingerprint density at radius 3 is 2.69 bits per heavy atom. The number of nitro benzene ring substituents is 1. The molecule has 0 radical (unpaired) electrons. The Hall–Kier alpha value is -2.87. The Kier molecular flexibility index (Phi) is 3.91. The quantitative estimate of drug-likeness (QED) is 0.516. The lowest BCUT2D eigenvalue weighted by Gasteiger charge is -2.15. The summed E-state index contributed by atoms with van der Waals surface area (Å²) in [7, 11) is 0. The highest BCUT2D eigenvalue weighted by Crippen LogP contribution is 2.49. The predicted molar refractivity (Wildman–Crippen MR) is 99.9 cm³/mol. The number of rotatable bonds is 4. The molecule has 2 aromatic heterocycles. The Labute approximate surface area is 156 Å². The van der Waals surface area contributed by atoms with E-state index in [4.69, 9.17) is 0 Å². The van der Waals surface area contributed by atoms with E-state index in [1.165, 1.54) is 12.1 Å². The summed E-state index contributed by atoms with van der Waals surface area (Å²) in [6.07, 6.45) is 4.92. The number of anilines is 1. The van der Waals surface area contributed by atoms with Gasteiger partial charge in [-0.15, -0.1) is 0 Å². The number of nitrogens with one attached hydrogen (secondary N) is 1. The molecule has 0 saturated heterocycles. The first-order valence-electron chi connectivity index (χ1n) is 7.96. The minimum Gasteiger partial charge on any atom is -0.310 e. The molecular formula is C18H13BrN4O3. The van der Waals surface area contributed by atoms with Crippen LogP contribution >= 0.6 is 15.9 Å². The lowest BCUT2D eigenvalue weighted by molar-refractivity contribution is -0.384. The molecule has 4 rings (SSSR count). The fourth-order valence-electron chi connectivity index (χ4n) is 2.98. The van der Waals surface area contributed by atoms with Crippen LogP contribution in [-0.4, -0.2) is 20.8 Å². The number of nitro groups is 1. The van der Waals surface area contributed by atoms with Crippen LogP contribution in [0.5, 0.6) is 0 Å². The first-order chi connectivity index (χ1) is 12.5. The van der Waals surface area contributed by atoms with Crippen molar-refractivity contribution in [2.75, 3.05) is 5.32 Å². The van der Waals surface area contributed by atoms with Crippen LogP contribution < -0.4 is 5.32 Å². The van der Waals surface area contributed by atoms with Gasteiger partial charge in [0.15, 0.2) is 0 Å². The standard InChI is InChI=1S/C18H13BrN4O3/c19-13-8-12(9-20-10-13)18(5-6-18)17(24)22-16-4-1-11-7-14(23(25)26)2-3-15(11)21-16/h1-4,7-10H,5-6H2,(H,21,22,24). The fraction of sp³-hybridized carbons (Fsp3) is 0.167. The van der Waals surface area contributed by atoms with E-state index in [9.17, 15) is 14.9 Å². The van der Waals surface area contributed by atoms with E-state index in [-0.39, 0.29) is 11.6 Å². The average Bonchev–Trinajstić information content (AvgIpc) is 3.43. The second kappa shape index (κ2) is 6.14. The van der Waals surface area contributed by atoms with Crippen molar-refractivity contribution in [2.24, 2.45) is 0 Å². The second-order valence-corrected chi connectivity index (χ2v) is 7.17. The Balaban J connectivity index is 1.60. The summed E-state index contributed by atoms with van der Waals surface area (Å²) in [4.78, 5) is 31.7. The van der Waals surface area contributed by atoms with Crippen molar-refractivity contribution in [3.05, 3.63) is 68.9 Å². The molecule has 7 nitrogen and oxygen atoms in total. The number of amides is 1. The summed E-state index contributed by atoms with van der Waals surface area (Å²) >= 11 is 3.39. The molecule has 0 bridgehead atoms. The van der Waals surface area contributed by atoms with Gasteiger partial charge in [-0.1, -0.05) is 0 Å². The van der Waals surface area contributed by atoms with Gasteiger partial charge in [0.25, 0.3) is 5.69 Å². The zero-order valence-electron chi connectivity index (χ0n) is 13.5. The number of carbonyl (C=O) groups excluding carboxylic acids is 1. The molecule has 3 aromatic rings. The molecule has 2 heterocycles. The third-order valence-electron chi connectivity index (χ3n) is 4.57. The maximum absolute atomic E-state index is 12.8. The van der Waals surface area contributed by atoms with Gasteiger partial charge in [-0.2, -0.15) is 0 Å². The highest BCUT2D eigenvalue weighted by Gasteiger charge is 2.51. The summed E-state index contributed by atoms with van der Waals surface area (Å²) in [5, 5.41) is 14.4. The Bertz CT molecular complexity index is 1050. The first-order valence-corrected chi connectivity index (χ1v) is 8.75. The van der Waals surface area contributed by atoms with Gasteiger partial charge < -0.3 is 5.32 Å². The minimum atomic E-state index is -0.567. The summed E-state index contributed by atoms with van der Waals surface area (Å²) in [5.74, 6) is 0.303. The molecule has 0 aliphatic heterocycles. The molecule has 1 saturated carbocycles. The van der Waals surface area contributed by atoms with Crippen molar-refractivity contribution < 1.29 is 9.72 Å². The van der Waals surface area contributed by atoms with Gasteiger partial charge in [0.2, 0.25) is 5.91 Å². The summed E-state index contributed by atoms with van der Waals surface area (Å²) in [5.41, 5.74) is 0.904. The van der Waals surface area contributed by atoms with Gasteiger partial charge in [0.1, 0.15) is 5.82 Å². The van der Waals surface area contributed by atoms with Crippen LogP contribution in [0.2, 0.25) is 0 Å². The van der Waals surface area contributed by atoms with Gasteiger partial charge in [0, 0.05) is 34.4 Å². The van der Waals surface area contributed by atoms with E-state index in [1.807, 2.05) is 6.07 Å². The Morgan fingerprint density at radius 1 is 1.19 bits per heavy atom. The smallest absolute Gasteiger partial charge is 0.270 e. The Morgan fingerprint density at radius 2 is 2.00 bits per heavy atom. The monoisotopic (exact) mass is 412 g/mol. The van der Waals surface area contributed by atoms with Gasteiger partial charge in [-0.3, -0.25) is 19.9 Å². The summed E-state index contributed by atoms with van der Waals surface area (Å²) in [6, 6.07) is 9.71. The normalized spacial score (nSPS) is 14.8. The molecule has 1 amide bonds. The van der Waals surface area contributed by atoms with E-state index < -0.39 is 10.3 Å². The zero-order valence-corrected chi connectivity index (χ0v) is 15.1. The van der Waals surface area contributed by atoms with E-state index >= 15 is 0 Å². The highest BCUT2D eigenvalue weighted by atomic mass is 79.9. The number of nitrogens with zero attached hydrogens (tertiary/aromatic N) is 3. The highest BCUT2D eigenvalue weighted by molar-refractivity contribution is 9.10. The van der Waals surface area contributed by atoms with Crippen molar-refractivity contribution in [1.29, 1.82) is 0 Å². The maximum Gasteiger partial charge on any atom is 0.270 e. The predicted octanol–water partition coefficient (Wildman–Crippen LogP) is 3.97. The molecule has 1 fully saturated rings. The number of non-ortho nitro benzene ring substituents is 1. The minimum absolute atomic E-state index is 0.00942. The van der Waals surface area contributed by atoms with Crippen LogP contribution in [0.3, 0.4) is 0 Å². The summed E-state index contributed by atoms with van der Waals surface area (Å²) in [6.45, 7) is 0. The third kappa shape index (κ3) is 2.92. The van der Waals surface area contributed by atoms with Crippen molar-refractivity contribution in [3.63, 3.8) is 0 Å². The molecule has 1 aliphatic carbocycles. The molecule has 130 valence electrons. The molecule has 8 heteroatoms. The van der Waals surface area contributed by atoms with Crippen LogP contribution in [-0.2, 0) is 10.2 Å². The van der Waals surface area contributed by atoms with Gasteiger partial charge in [-0.25, -0.2) is 4.98 Å². The topological polar surface area (TPSA) is 98.0 Å². The van der Waals surface area contributed by atoms with Crippen LogP contribution in [0, 0.1) is 10.1 Å². The lowest BCUT2D eigenvalue weighted by atomic mass is 9.97. The van der Waals surface area contributed by atoms with Gasteiger partial charge >= 0.3 is 0 Å². The molecule has 0 spiro atoms. The largest absolute Gasteiger partial charge is 0.310 e. The molecule has 1 aromatic carbocycles. The molecule has 1 N–H and O–H groups in total. The molecular weight excluding hydrogens is 400 g/mol.